The monoisotopic (exact) mass is 279 g/mol. The van der Waals surface area contributed by atoms with Gasteiger partial charge >= 0.3 is 5.97 Å². The topological polar surface area (TPSA) is 84.9 Å². The minimum absolute atomic E-state index is 0.0104. The summed E-state index contributed by atoms with van der Waals surface area (Å²) in [6, 6.07) is 4.48. The van der Waals surface area contributed by atoms with E-state index in [2.05, 4.69) is 5.32 Å². The quantitative estimate of drug-likeness (QED) is 0.879. The van der Waals surface area contributed by atoms with Gasteiger partial charge in [0.2, 0.25) is 0 Å². The Morgan fingerprint density at radius 3 is 2.70 bits per heavy atom. The zero-order valence-corrected chi connectivity index (χ0v) is 11.4. The molecule has 0 aliphatic carbocycles. The molecule has 2 atom stereocenters. The van der Waals surface area contributed by atoms with Gasteiger partial charge in [-0.1, -0.05) is 0 Å². The lowest BCUT2D eigenvalue weighted by atomic mass is 10.1. The number of ether oxygens (including phenoxy) is 2. The standard InChI is InChI=1S/C14H17NO5/c1-8-3-6-12(20-8)13(16)15-11-5-4-9(19-2)7-10(11)14(17)18/h4-5,7-8,12H,3,6H2,1-2H3,(H,15,16)(H,17,18). The molecular formula is C14H17NO5. The van der Waals surface area contributed by atoms with Gasteiger partial charge in [-0.3, -0.25) is 4.79 Å². The van der Waals surface area contributed by atoms with Gasteiger partial charge in [0.1, 0.15) is 11.9 Å². The second-order valence-electron chi connectivity index (χ2n) is 4.72. The molecular weight excluding hydrogens is 262 g/mol. The van der Waals surface area contributed by atoms with Crippen LogP contribution in [0.15, 0.2) is 18.2 Å². The Bertz CT molecular complexity index is 528. The number of nitrogens with one attached hydrogen (secondary N) is 1. The van der Waals surface area contributed by atoms with E-state index in [0.717, 1.165) is 6.42 Å². The second-order valence-corrected chi connectivity index (χ2v) is 4.72. The lowest BCUT2D eigenvalue weighted by molar-refractivity contribution is -0.126. The largest absolute Gasteiger partial charge is 0.497 e. The summed E-state index contributed by atoms with van der Waals surface area (Å²) >= 11 is 0. The van der Waals surface area contributed by atoms with Crippen LogP contribution in [0.1, 0.15) is 30.1 Å². The summed E-state index contributed by atoms with van der Waals surface area (Å²) in [5, 5.41) is 11.8. The van der Waals surface area contributed by atoms with Gasteiger partial charge in [0.15, 0.2) is 0 Å². The number of carbonyl (C=O) groups is 2. The van der Waals surface area contributed by atoms with E-state index in [1.165, 1.54) is 19.2 Å². The molecule has 1 saturated heterocycles. The van der Waals surface area contributed by atoms with E-state index < -0.39 is 12.1 Å². The molecule has 1 aromatic rings. The fourth-order valence-electron chi connectivity index (χ4n) is 2.14. The van der Waals surface area contributed by atoms with Crippen molar-refractivity contribution in [1.82, 2.24) is 0 Å². The normalized spacial score (nSPS) is 21.5. The maximum absolute atomic E-state index is 12.0. The molecule has 6 nitrogen and oxygen atoms in total. The van der Waals surface area contributed by atoms with Crippen molar-refractivity contribution in [2.24, 2.45) is 0 Å². The van der Waals surface area contributed by atoms with Crippen LogP contribution in [0.2, 0.25) is 0 Å². The molecule has 0 saturated carbocycles. The average molecular weight is 279 g/mol. The van der Waals surface area contributed by atoms with Gasteiger partial charge in [0.05, 0.1) is 24.5 Å². The number of anilines is 1. The van der Waals surface area contributed by atoms with E-state index in [0.29, 0.717) is 12.2 Å². The first-order chi connectivity index (χ1) is 9.51. The average Bonchev–Trinajstić information content (AvgIpc) is 2.85. The van der Waals surface area contributed by atoms with E-state index in [-0.39, 0.29) is 23.3 Å². The van der Waals surface area contributed by atoms with Crippen LogP contribution >= 0.6 is 0 Å². The van der Waals surface area contributed by atoms with Crippen LogP contribution < -0.4 is 10.1 Å². The molecule has 20 heavy (non-hydrogen) atoms. The Morgan fingerprint density at radius 1 is 1.40 bits per heavy atom. The molecule has 108 valence electrons. The molecule has 1 aromatic carbocycles. The van der Waals surface area contributed by atoms with Crippen molar-refractivity contribution in [3.05, 3.63) is 23.8 Å². The molecule has 1 fully saturated rings. The van der Waals surface area contributed by atoms with Crippen molar-refractivity contribution in [3.63, 3.8) is 0 Å². The van der Waals surface area contributed by atoms with Crippen LogP contribution in [0.3, 0.4) is 0 Å². The van der Waals surface area contributed by atoms with Crippen molar-refractivity contribution < 1.29 is 24.2 Å². The molecule has 0 aromatic heterocycles. The Balaban J connectivity index is 2.16. The van der Waals surface area contributed by atoms with Gasteiger partial charge in [-0.05, 0) is 38.0 Å². The lowest BCUT2D eigenvalue weighted by Crippen LogP contribution is -2.28. The number of benzene rings is 1. The molecule has 0 spiro atoms. The van der Waals surface area contributed by atoms with Crippen molar-refractivity contribution in [1.29, 1.82) is 0 Å². The van der Waals surface area contributed by atoms with Gasteiger partial charge < -0.3 is 19.9 Å². The summed E-state index contributed by atoms with van der Waals surface area (Å²) in [5.74, 6) is -1.02. The maximum atomic E-state index is 12.0. The van der Waals surface area contributed by atoms with E-state index in [1.807, 2.05) is 6.92 Å². The van der Waals surface area contributed by atoms with Gasteiger partial charge in [-0.2, -0.15) is 0 Å². The van der Waals surface area contributed by atoms with E-state index >= 15 is 0 Å². The number of carboxylic acids is 1. The number of rotatable bonds is 4. The first-order valence-corrected chi connectivity index (χ1v) is 6.39. The summed E-state index contributed by atoms with van der Waals surface area (Å²) in [6.07, 6.45) is 1.01. The predicted molar refractivity (Wildman–Crippen MR) is 72.2 cm³/mol. The Morgan fingerprint density at radius 2 is 2.15 bits per heavy atom. The Kier molecular flexibility index (Phi) is 4.24. The third kappa shape index (κ3) is 3.08. The van der Waals surface area contributed by atoms with E-state index in [1.54, 1.807) is 6.07 Å². The van der Waals surface area contributed by atoms with Gasteiger partial charge in [-0.15, -0.1) is 0 Å². The van der Waals surface area contributed by atoms with Crippen LogP contribution in [-0.2, 0) is 9.53 Å². The van der Waals surface area contributed by atoms with E-state index in [9.17, 15) is 9.59 Å². The van der Waals surface area contributed by atoms with Gasteiger partial charge in [-0.25, -0.2) is 4.79 Å². The predicted octanol–water partition coefficient (Wildman–Crippen LogP) is 1.90. The summed E-state index contributed by atoms with van der Waals surface area (Å²) in [7, 11) is 1.45. The van der Waals surface area contributed by atoms with Crippen molar-refractivity contribution >= 4 is 17.6 Å². The Labute approximate surface area is 116 Å². The first kappa shape index (κ1) is 14.3. The number of methoxy groups -OCH3 is 1. The third-order valence-corrected chi connectivity index (χ3v) is 3.24. The van der Waals surface area contributed by atoms with E-state index in [4.69, 9.17) is 14.6 Å². The lowest BCUT2D eigenvalue weighted by Gasteiger charge is -2.14. The molecule has 0 radical (unpaired) electrons. The second kappa shape index (κ2) is 5.92. The minimum Gasteiger partial charge on any atom is -0.497 e. The zero-order valence-electron chi connectivity index (χ0n) is 11.4. The molecule has 2 N–H and O–H groups in total. The van der Waals surface area contributed by atoms with Crippen molar-refractivity contribution in [3.8, 4) is 5.75 Å². The van der Waals surface area contributed by atoms with Gasteiger partial charge in [0.25, 0.3) is 5.91 Å². The van der Waals surface area contributed by atoms with Crippen LogP contribution in [0.5, 0.6) is 5.75 Å². The fraction of sp³-hybridized carbons (Fsp3) is 0.429. The highest BCUT2D eigenvalue weighted by atomic mass is 16.5. The molecule has 2 rings (SSSR count). The van der Waals surface area contributed by atoms with Crippen LogP contribution in [0.25, 0.3) is 0 Å². The molecule has 1 heterocycles. The van der Waals surface area contributed by atoms with Crippen LogP contribution in [0.4, 0.5) is 5.69 Å². The number of hydrogen-bond acceptors (Lipinski definition) is 4. The first-order valence-electron chi connectivity index (χ1n) is 6.39. The summed E-state index contributed by atoms with van der Waals surface area (Å²) < 4.78 is 10.4. The molecule has 0 bridgehead atoms. The number of aromatic carboxylic acids is 1. The maximum Gasteiger partial charge on any atom is 0.337 e. The zero-order chi connectivity index (χ0) is 14.7. The molecule has 6 heteroatoms. The minimum atomic E-state index is -1.13. The highest BCUT2D eigenvalue weighted by Crippen LogP contribution is 2.24. The summed E-state index contributed by atoms with van der Waals surface area (Å²) in [5.41, 5.74) is 0.232. The highest BCUT2D eigenvalue weighted by Gasteiger charge is 2.28. The number of amides is 1. The smallest absolute Gasteiger partial charge is 0.337 e. The molecule has 1 amide bonds. The fourth-order valence-corrected chi connectivity index (χ4v) is 2.14. The Hall–Kier alpha value is -2.08. The summed E-state index contributed by atoms with van der Waals surface area (Å²) in [6.45, 7) is 1.91. The number of carbonyl (C=O) groups excluding carboxylic acids is 1. The third-order valence-electron chi connectivity index (χ3n) is 3.24. The van der Waals surface area contributed by atoms with Gasteiger partial charge in [0, 0.05) is 0 Å². The summed E-state index contributed by atoms with van der Waals surface area (Å²) in [4.78, 5) is 23.2. The SMILES string of the molecule is COc1ccc(NC(=O)C2CCC(C)O2)c(C(=O)O)c1. The molecule has 2 unspecified atom stereocenters. The molecule has 1 aliphatic rings. The number of carboxylic acid groups (broad SMARTS) is 1. The van der Waals surface area contributed by atoms with Crippen LogP contribution in [-0.4, -0.2) is 36.3 Å². The van der Waals surface area contributed by atoms with Crippen molar-refractivity contribution in [2.45, 2.75) is 32.0 Å². The highest BCUT2D eigenvalue weighted by molar-refractivity contribution is 6.02. The molecule has 1 aliphatic heterocycles. The number of hydrogen-bond donors (Lipinski definition) is 2. The van der Waals surface area contributed by atoms with Crippen LogP contribution in [0, 0.1) is 0 Å². The van der Waals surface area contributed by atoms with Crippen molar-refractivity contribution in [2.75, 3.05) is 12.4 Å².